The van der Waals surface area contributed by atoms with Gasteiger partial charge in [-0.3, -0.25) is 14.7 Å². The minimum atomic E-state index is -0.188. The second-order valence-corrected chi connectivity index (χ2v) is 8.47. The van der Waals surface area contributed by atoms with Crippen LogP contribution in [0.4, 0.5) is 0 Å². The van der Waals surface area contributed by atoms with E-state index in [9.17, 15) is 4.79 Å². The highest BCUT2D eigenvalue weighted by atomic mass is 35.5. The van der Waals surface area contributed by atoms with E-state index in [1.807, 2.05) is 6.92 Å². The molecule has 1 aromatic rings. The lowest BCUT2D eigenvalue weighted by molar-refractivity contribution is 0.0603. The summed E-state index contributed by atoms with van der Waals surface area (Å²) in [5.41, 5.74) is 1.11. The summed E-state index contributed by atoms with van der Waals surface area (Å²) in [5.74, 6) is -0.0563. The van der Waals surface area contributed by atoms with Crippen LogP contribution in [0.25, 0.3) is 0 Å². The first-order valence-corrected chi connectivity index (χ1v) is 10.4. The molecule has 2 fully saturated rings. The second-order valence-electron chi connectivity index (χ2n) is 8.03. The minimum absolute atomic E-state index is 0.0563. The number of nitrogens with one attached hydrogen (secondary N) is 1. The molecule has 1 amide bonds. The van der Waals surface area contributed by atoms with Crippen LogP contribution in [0.3, 0.4) is 0 Å². The Morgan fingerprint density at radius 3 is 2.44 bits per heavy atom. The number of carbonyl (C=O) groups is 1. The molecule has 150 valence electrons. The third-order valence-corrected chi connectivity index (χ3v) is 6.27. The third kappa shape index (κ3) is 5.19. The average Bonchev–Trinajstić information content (AvgIpc) is 2.67. The van der Waals surface area contributed by atoms with E-state index < -0.39 is 0 Å². The number of halogens is 1. The van der Waals surface area contributed by atoms with Gasteiger partial charge in [0.1, 0.15) is 0 Å². The minimum Gasteiger partial charge on any atom is -0.345 e. The van der Waals surface area contributed by atoms with Crippen molar-refractivity contribution in [3.63, 3.8) is 0 Å². The molecule has 7 heteroatoms. The van der Waals surface area contributed by atoms with Crippen molar-refractivity contribution in [1.82, 2.24) is 25.0 Å². The first kappa shape index (κ1) is 20.5. The fraction of sp³-hybridized carbons (Fsp3) is 0.700. The smallest absolute Gasteiger partial charge is 0.253 e. The molecular weight excluding hydrogens is 362 g/mol. The van der Waals surface area contributed by atoms with Crippen LogP contribution in [-0.2, 0) is 0 Å². The summed E-state index contributed by atoms with van der Waals surface area (Å²) in [7, 11) is 2.15. The predicted octanol–water partition coefficient (Wildman–Crippen LogP) is 1.88. The van der Waals surface area contributed by atoms with E-state index >= 15 is 0 Å². The van der Waals surface area contributed by atoms with Gasteiger partial charge in [0.15, 0.2) is 0 Å². The van der Waals surface area contributed by atoms with E-state index in [-0.39, 0.29) is 11.4 Å². The van der Waals surface area contributed by atoms with Crippen molar-refractivity contribution in [2.45, 2.75) is 32.2 Å². The summed E-state index contributed by atoms with van der Waals surface area (Å²) in [5, 5.41) is 3.89. The summed E-state index contributed by atoms with van der Waals surface area (Å²) in [6.07, 6.45) is 3.53. The van der Waals surface area contributed by atoms with Gasteiger partial charge in [0, 0.05) is 52.0 Å². The lowest BCUT2D eigenvalue weighted by atomic mass is 9.86. The Morgan fingerprint density at radius 1 is 1.19 bits per heavy atom. The molecule has 27 heavy (non-hydrogen) atoms. The van der Waals surface area contributed by atoms with Gasteiger partial charge in [0.25, 0.3) is 5.91 Å². The average molecular weight is 394 g/mol. The zero-order chi connectivity index (χ0) is 19.4. The van der Waals surface area contributed by atoms with E-state index in [1.165, 1.54) is 0 Å². The number of piperidine rings is 1. The zero-order valence-electron chi connectivity index (χ0n) is 16.8. The quantitative estimate of drug-likeness (QED) is 0.827. The number of aromatic nitrogens is 1. The van der Waals surface area contributed by atoms with Gasteiger partial charge in [-0.25, -0.2) is 0 Å². The highest BCUT2D eigenvalue weighted by Crippen LogP contribution is 2.25. The summed E-state index contributed by atoms with van der Waals surface area (Å²) >= 11 is 6.08. The van der Waals surface area contributed by atoms with Crippen molar-refractivity contribution < 1.29 is 4.79 Å². The number of hydrogen-bond acceptors (Lipinski definition) is 5. The Labute approximate surface area is 167 Å². The van der Waals surface area contributed by atoms with E-state index in [0.29, 0.717) is 10.6 Å². The fourth-order valence-electron chi connectivity index (χ4n) is 4.11. The maximum atomic E-state index is 13.1. The molecule has 0 spiro atoms. The number of likely N-dealkylation sites (tertiary alicyclic amines) is 1. The Kier molecular flexibility index (Phi) is 6.74. The SMILES string of the molecule is CCN1CCN(CC2(NC(=O)c3cc(Cl)cnc3C)CCN(C)CC2)CC1. The van der Waals surface area contributed by atoms with E-state index in [1.54, 1.807) is 12.3 Å². The van der Waals surface area contributed by atoms with Gasteiger partial charge in [-0.1, -0.05) is 18.5 Å². The molecule has 2 aliphatic heterocycles. The van der Waals surface area contributed by atoms with Gasteiger partial charge in [0.05, 0.1) is 21.8 Å². The number of hydrogen-bond donors (Lipinski definition) is 1. The molecule has 6 nitrogen and oxygen atoms in total. The highest BCUT2D eigenvalue weighted by Gasteiger charge is 2.37. The van der Waals surface area contributed by atoms with Crippen LogP contribution in [-0.4, -0.2) is 90.5 Å². The lowest BCUT2D eigenvalue weighted by Crippen LogP contribution is -2.62. The van der Waals surface area contributed by atoms with Crippen LogP contribution in [0.2, 0.25) is 5.02 Å². The van der Waals surface area contributed by atoms with Gasteiger partial charge in [0.2, 0.25) is 0 Å². The molecule has 3 rings (SSSR count). The molecule has 0 radical (unpaired) electrons. The van der Waals surface area contributed by atoms with Crippen molar-refractivity contribution in [1.29, 1.82) is 0 Å². The summed E-state index contributed by atoms with van der Waals surface area (Å²) in [6, 6.07) is 1.72. The van der Waals surface area contributed by atoms with E-state index in [2.05, 4.69) is 39.0 Å². The predicted molar refractivity (Wildman–Crippen MR) is 109 cm³/mol. The summed E-state index contributed by atoms with van der Waals surface area (Å²) < 4.78 is 0. The molecule has 1 aromatic heterocycles. The molecule has 0 unspecified atom stereocenters. The molecule has 3 heterocycles. The number of carbonyl (C=O) groups excluding carboxylic acids is 1. The molecule has 1 N–H and O–H groups in total. The fourth-order valence-corrected chi connectivity index (χ4v) is 4.26. The van der Waals surface area contributed by atoms with Crippen molar-refractivity contribution in [3.8, 4) is 0 Å². The topological polar surface area (TPSA) is 51.7 Å². The highest BCUT2D eigenvalue weighted by molar-refractivity contribution is 6.30. The molecule has 0 aromatic carbocycles. The number of nitrogens with zero attached hydrogens (tertiary/aromatic N) is 4. The molecule has 0 atom stereocenters. The maximum absolute atomic E-state index is 13.1. The number of amides is 1. The van der Waals surface area contributed by atoms with Crippen LogP contribution in [0.15, 0.2) is 12.3 Å². The molecule has 2 aliphatic rings. The van der Waals surface area contributed by atoms with Gasteiger partial charge >= 0.3 is 0 Å². The van der Waals surface area contributed by atoms with Crippen LogP contribution in [0.1, 0.15) is 35.8 Å². The van der Waals surface area contributed by atoms with Crippen LogP contribution >= 0.6 is 11.6 Å². The van der Waals surface area contributed by atoms with Crippen molar-refractivity contribution in [3.05, 3.63) is 28.5 Å². The molecule has 2 saturated heterocycles. The van der Waals surface area contributed by atoms with Crippen molar-refractivity contribution >= 4 is 17.5 Å². The Bertz CT molecular complexity index is 652. The Balaban J connectivity index is 1.73. The molecular formula is C20H32ClN5O. The Hall–Kier alpha value is -1.21. The van der Waals surface area contributed by atoms with Gasteiger partial charge in [-0.05, 0) is 39.4 Å². The molecule has 0 aliphatic carbocycles. The van der Waals surface area contributed by atoms with Crippen LogP contribution < -0.4 is 5.32 Å². The number of piperazine rings is 1. The van der Waals surface area contributed by atoms with E-state index in [4.69, 9.17) is 11.6 Å². The number of aryl methyl sites for hydroxylation is 1. The lowest BCUT2D eigenvalue weighted by Gasteiger charge is -2.46. The molecule has 0 bridgehead atoms. The largest absolute Gasteiger partial charge is 0.345 e. The zero-order valence-corrected chi connectivity index (χ0v) is 17.6. The van der Waals surface area contributed by atoms with Crippen molar-refractivity contribution in [2.24, 2.45) is 0 Å². The first-order chi connectivity index (χ1) is 12.9. The third-order valence-electron chi connectivity index (χ3n) is 6.06. The van der Waals surface area contributed by atoms with Crippen LogP contribution in [0, 0.1) is 6.92 Å². The summed E-state index contributed by atoms with van der Waals surface area (Å²) in [4.78, 5) is 24.6. The number of rotatable bonds is 5. The van der Waals surface area contributed by atoms with Gasteiger partial charge in [-0.15, -0.1) is 0 Å². The van der Waals surface area contributed by atoms with Crippen molar-refractivity contribution in [2.75, 3.05) is 59.4 Å². The normalized spacial score (nSPS) is 21.9. The maximum Gasteiger partial charge on any atom is 0.253 e. The standard InChI is InChI=1S/C20H32ClN5O/c1-4-25-9-11-26(12-10-25)15-20(5-7-24(3)8-6-20)23-19(27)18-13-17(21)14-22-16(18)2/h13-14H,4-12,15H2,1-3H3,(H,23,27). The summed E-state index contributed by atoms with van der Waals surface area (Å²) in [6.45, 7) is 12.5. The van der Waals surface area contributed by atoms with E-state index in [0.717, 1.165) is 70.9 Å². The first-order valence-electron chi connectivity index (χ1n) is 9.99. The van der Waals surface area contributed by atoms with Gasteiger partial charge in [-0.2, -0.15) is 0 Å². The van der Waals surface area contributed by atoms with Crippen LogP contribution in [0.5, 0.6) is 0 Å². The Morgan fingerprint density at radius 2 is 1.81 bits per heavy atom. The number of pyridine rings is 1. The molecule has 0 saturated carbocycles. The monoisotopic (exact) mass is 393 g/mol. The second kappa shape index (κ2) is 8.86. The van der Waals surface area contributed by atoms with Gasteiger partial charge < -0.3 is 15.1 Å². The number of likely N-dealkylation sites (N-methyl/N-ethyl adjacent to an activating group) is 1.